The van der Waals surface area contributed by atoms with Crippen molar-refractivity contribution in [3.63, 3.8) is 0 Å². The fraction of sp³-hybridized carbons (Fsp3) is 0.0588. The first-order valence-corrected chi connectivity index (χ1v) is 7.49. The van der Waals surface area contributed by atoms with Crippen LogP contribution in [0.25, 0.3) is 11.3 Å². The molecular weight excluding hydrogens is 344 g/mol. The Kier molecular flexibility index (Phi) is 4.97. The molecule has 9 heteroatoms. The third kappa shape index (κ3) is 4.07. The first-order valence-electron chi connectivity index (χ1n) is 7.49. The van der Waals surface area contributed by atoms with Crippen molar-refractivity contribution in [1.29, 1.82) is 0 Å². The van der Waals surface area contributed by atoms with E-state index in [0.717, 1.165) is 12.1 Å². The first-order chi connectivity index (χ1) is 12.5. The molecule has 0 fully saturated rings. The van der Waals surface area contributed by atoms with E-state index in [1.54, 1.807) is 24.5 Å². The minimum absolute atomic E-state index is 0.000889. The van der Waals surface area contributed by atoms with Crippen LogP contribution in [0.5, 0.6) is 0 Å². The van der Waals surface area contributed by atoms with E-state index in [9.17, 15) is 13.6 Å². The molecule has 3 aromatic rings. The molecule has 0 atom stereocenters. The van der Waals surface area contributed by atoms with Gasteiger partial charge in [0.1, 0.15) is 29.7 Å². The van der Waals surface area contributed by atoms with E-state index in [1.165, 1.54) is 12.1 Å². The van der Waals surface area contributed by atoms with E-state index in [0.29, 0.717) is 11.3 Å². The molecule has 1 aromatic carbocycles. The monoisotopic (exact) mass is 357 g/mol. The SMILES string of the molecule is O=C(O)CNc1nc(Nc2c(F)cccc2F)cc(-c2ccncc2)n1. The number of benzene rings is 1. The van der Waals surface area contributed by atoms with E-state index in [-0.39, 0.29) is 17.5 Å². The first kappa shape index (κ1) is 17.2. The highest BCUT2D eigenvalue weighted by Gasteiger charge is 2.12. The highest BCUT2D eigenvalue weighted by atomic mass is 19.1. The molecule has 0 aliphatic heterocycles. The Morgan fingerprint density at radius 1 is 1.08 bits per heavy atom. The zero-order valence-corrected chi connectivity index (χ0v) is 13.3. The van der Waals surface area contributed by atoms with Crippen LogP contribution in [-0.2, 0) is 4.79 Å². The fourth-order valence-corrected chi connectivity index (χ4v) is 2.16. The van der Waals surface area contributed by atoms with Crippen molar-refractivity contribution in [3.05, 3.63) is 60.4 Å². The van der Waals surface area contributed by atoms with E-state index < -0.39 is 24.1 Å². The number of aliphatic carboxylic acids is 1. The van der Waals surface area contributed by atoms with Gasteiger partial charge in [-0.1, -0.05) is 6.07 Å². The number of carbonyl (C=O) groups is 1. The van der Waals surface area contributed by atoms with Crippen LogP contribution in [0.3, 0.4) is 0 Å². The molecule has 0 radical (unpaired) electrons. The Hall–Kier alpha value is -3.62. The lowest BCUT2D eigenvalue weighted by Gasteiger charge is -2.12. The lowest BCUT2D eigenvalue weighted by Crippen LogP contribution is -2.15. The van der Waals surface area contributed by atoms with Gasteiger partial charge in [-0.25, -0.2) is 13.8 Å². The molecule has 2 heterocycles. The minimum atomic E-state index is -1.10. The summed E-state index contributed by atoms with van der Waals surface area (Å²) < 4.78 is 27.7. The summed E-state index contributed by atoms with van der Waals surface area (Å²) in [6.45, 7) is -0.409. The van der Waals surface area contributed by atoms with Gasteiger partial charge in [0.2, 0.25) is 5.95 Å². The number of rotatable bonds is 6. The van der Waals surface area contributed by atoms with Crippen molar-refractivity contribution >= 4 is 23.4 Å². The van der Waals surface area contributed by atoms with E-state index in [1.807, 2.05) is 0 Å². The van der Waals surface area contributed by atoms with Crippen molar-refractivity contribution in [1.82, 2.24) is 15.0 Å². The summed E-state index contributed by atoms with van der Waals surface area (Å²) in [6.07, 6.45) is 3.12. The van der Waals surface area contributed by atoms with Crippen molar-refractivity contribution in [2.45, 2.75) is 0 Å². The molecule has 0 unspecified atom stereocenters. The summed E-state index contributed by atoms with van der Waals surface area (Å²) in [6, 6.07) is 8.35. The summed E-state index contributed by atoms with van der Waals surface area (Å²) >= 11 is 0. The number of carboxylic acids is 1. The number of pyridine rings is 1. The smallest absolute Gasteiger partial charge is 0.322 e. The van der Waals surface area contributed by atoms with Crippen LogP contribution in [0.15, 0.2) is 48.8 Å². The quantitative estimate of drug-likeness (QED) is 0.623. The van der Waals surface area contributed by atoms with Crippen LogP contribution < -0.4 is 10.6 Å². The molecule has 3 N–H and O–H groups in total. The number of anilines is 3. The number of nitrogens with zero attached hydrogens (tertiary/aromatic N) is 3. The molecule has 0 bridgehead atoms. The normalized spacial score (nSPS) is 10.4. The highest BCUT2D eigenvalue weighted by molar-refractivity contribution is 5.73. The second-order valence-electron chi connectivity index (χ2n) is 5.17. The molecule has 0 aliphatic carbocycles. The van der Waals surface area contributed by atoms with Crippen molar-refractivity contribution < 1.29 is 18.7 Å². The van der Waals surface area contributed by atoms with E-state index in [4.69, 9.17) is 5.11 Å². The number of nitrogens with one attached hydrogen (secondary N) is 2. The Balaban J connectivity index is 2.00. The molecule has 7 nitrogen and oxygen atoms in total. The molecule has 132 valence electrons. The standard InChI is InChI=1S/C17H13F2N5O2/c18-11-2-1-3-12(19)16(11)23-14-8-13(10-4-6-20-7-5-10)22-17(24-14)21-9-15(25)26/h1-8H,9H2,(H,25,26)(H2,21,22,23,24). The summed E-state index contributed by atoms with van der Waals surface area (Å²) in [5.41, 5.74) is 0.739. The number of carboxylic acid groups (broad SMARTS) is 1. The van der Waals surface area contributed by atoms with Gasteiger partial charge in [-0.3, -0.25) is 9.78 Å². The summed E-state index contributed by atoms with van der Waals surface area (Å²) in [4.78, 5) is 23.0. The molecule has 2 aromatic heterocycles. The molecule has 0 spiro atoms. The summed E-state index contributed by atoms with van der Waals surface area (Å²) in [5.74, 6) is -2.56. The second-order valence-corrected chi connectivity index (χ2v) is 5.17. The van der Waals surface area contributed by atoms with Gasteiger partial charge in [-0.2, -0.15) is 4.98 Å². The number of para-hydroxylation sites is 1. The van der Waals surface area contributed by atoms with Crippen LogP contribution in [0.1, 0.15) is 0 Å². The number of halogens is 2. The van der Waals surface area contributed by atoms with Gasteiger partial charge in [0, 0.05) is 24.0 Å². The van der Waals surface area contributed by atoms with Crippen LogP contribution >= 0.6 is 0 Å². The molecule has 0 amide bonds. The van der Waals surface area contributed by atoms with Gasteiger partial charge in [-0.15, -0.1) is 0 Å². The fourth-order valence-electron chi connectivity index (χ4n) is 2.16. The minimum Gasteiger partial charge on any atom is -0.480 e. The second kappa shape index (κ2) is 7.51. The lowest BCUT2D eigenvalue weighted by molar-refractivity contribution is -0.134. The number of hydrogen-bond donors (Lipinski definition) is 3. The Morgan fingerprint density at radius 2 is 1.77 bits per heavy atom. The Morgan fingerprint density at radius 3 is 2.42 bits per heavy atom. The van der Waals surface area contributed by atoms with Crippen LogP contribution in [0.2, 0.25) is 0 Å². The van der Waals surface area contributed by atoms with E-state index >= 15 is 0 Å². The molecular formula is C17H13F2N5O2. The van der Waals surface area contributed by atoms with Crippen molar-refractivity contribution in [2.24, 2.45) is 0 Å². The molecule has 0 aliphatic rings. The van der Waals surface area contributed by atoms with Crippen molar-refractivity contribution in [2.75, 3.05) is 17.2 Å². The average Bonchev–Trinajstić information content (AvgIpc) is 2.64. The lowest BCUT2D eigenvalue weighted by atomic mass is 10.2. The highest BCUT2D eigenvalue weighted by Crippen LogP contribution is 2.26. The predicted molar refractivity (Wildman–Crippen MR) is 91.0 cm³/mol. The van der Waals surface area contributed by atoms with Crippen LogP contribution in [0.4, 0.5) is 26.2 Å². The number of aromatic nitrogens is 3. The maximum absolute atomic E-state index is 13.9. The topological polar surface area (TPSA) is 100 Å². The molecule has 0 saturated heterocycles. The van der Waals surface area contributed by atoms with Gasteiger partial charge in [0.15, 0.2) is 0 Å². The average molecular weight is 357 g/mol. The van der Waals surface area contributed by atoms with Gasteiger partial charge in [0.25, 0.3) is 0 Å². The largest absolute Gasteiger partial charge is 0.480 e. The van der Waals surface area contributed by atoms with Gasteiger partial charge in [0.05, 0.1) is 5.69 Å². The Bertz CT molecular complexity index is 917. The summed E-state index contributed by atoms with van der Waals surface area (Å²) in [7, 11) is 0. The molecule has 0 saturated carbocycles. The van der Waals surface area contributed by atoms with Crippen molar-refractivity contribution in [3.8, 4) is 11.3 Å². The van der Waals surface area contributed by atoms with Gasteiger partial charge in [-0.05, 0) is 24.3 Å². The maximum Gasteiger partial charge on any atom is 0.322 e. The third-order valence-corrected chi connectivity index (χ3v) is 3.32. The Labute approximate surface area is 146 Å². The zero-order chi connectivity index (χ0) is 18.5. The predicted octanol–water partition coefficient (Wildman–Crippen LogP) is 3.06. The number of hydrogen-bond acceptors (Lipinski definition) is 6. The van der Waals surface area contributed by atoms with Crippen LogP contribution in [0, 0.1) is 11.6 Å². The van der Waals surface area contributed by atoms with E-state index in [2.05, 4.69) is 25.6 Å². The zero-order valence-electron chi connectivity index (χ0n) is 13.3. The van der Waals surface area contributed by atoms with Gasteiger partial charge < -0.3 is 15.7 Å². The summed E-state index contributed by atoms with van der Waals surface area (Å²) in [5, 5.41) is 13.9. The third-order valence-electron chi connectivity index (χ3n) is 3.32. The molecule has 26 heavy (non-hydrogen) atoms. The van der Waals surface area contributed by atoms with Gasteiger partial charge >= 0.3 is 5.97 Å². The molecule has 3 rings (SSSR count). The van der Waals surface area contributed by atoms with Crippen LogP contribution in [-0.4, -0.2) is 32.6 Å². The maximum atomic E-state index is 13.9.